The molecule has 0 unspecified atom stereocenters. The number of benzene rings is 1. The van der Waals surface area contributed by atoms with Crippen molar-refractivity contribution in [2.75, 3.05) is 36.0 Å². The van der Waals surface area contributed by atoms with Crippen LogP contribution in [0.1, 0.15) is 38.3 Å². The molecule has 41 heavy (non-hydrogen) atoms. The third-order valence-corrected chi connectivity index (χ3v) is 8.56. The maximum atomic E-state index is 12.2. The number of pyridine rings is 1. The van der Waals surface area contributed by atoms with E-state index in [1.807, 2.05) is 41.8 Å². The normalized spacial score (nSPS) is 18.5. The number of nitrogens with two attached hydrogens (primary N) is 1. The lowest BCUT2D eigenvalue weighted by Crippen LogP contribution is -2.46. The Balaban J connectivity index is 1.58. The molecule has 2 fully saturated rings. The Labute approximate surface area is 242 Å². The number of imidazole rings is 1. The molecule has 210 valence electrons. The summed E-state index contributed by atoms with van der Waals surface area (Å²) in [5.41, 5.74) is 8.16. The van der Waals surface area contributed by atoms with Crippen LogP contribution in [0.15, 0.2) is 42.6 Å². The van der Waals surface area contributed by atoms with Gasteiger partial charge in [-0.3, -0.25) is 9.36 Å². The average molecular weight is 572 g/mol. The van der Waals surface area contributed by atoms with Gasteiger partial charge in [-0.05, 0) is 62.1 Å². The summed E-state index contributed by atoms with van der Waals surface area (Å²) in [6, 6.07) is 12.9. The number of rotatable bonds is 6. The van der Waals surface area contributed by atoms with Gasteiger partial charge in [-0.2, -0.15) is 15.2 Å². The summed E-state index contributed by atoms with van der Waals surface area (Å²) < 4.78 is 1.95. The molecule has 1 aromatic carbocycles. The van der Waals surface area contributed by atoms with Crippen LogP contribution in [0.2, 0.25) is 5.02 Å². The first-order valence-electron chi connectivity index (χ1n) is 13.7. The molecule has 5 heterocycles. The molecule has 0 spiro atoms. The standard InChI is InChI=1S/C29H30ClN9O2/c1-29(27(32)41)10-13-37(14-11-29)25-23-26(36-28(35-25)38-12-2-3-22(38)17-40)39(21-8-5-19(30)6-9-21)24(34-23)18-4-7-20(15-31)33-16-18/h4-9,16,22,40H,2-3,10-14,17H2,1H3,(H2,32,41)/t22-/m0/s1. The summed E-state index contributed by atoms with van der Waals surface area (Å²) in [4.78, 5) is 35.8. The van der Waals surface area contributed by atoms with Crippen LogP contribution in [-0.2, 0) is 4.79 Å². The van der Waals surface area contributed by atoms with Gasteiger partial charge in [0.25, 0.3) is 0 Å². The number of carbonyl (C=O) groups excluding carboxylic acids is 1. The number of amides is 1. The van der Waals surface area contributed by atoms with E-state index in [1.54, 1.807) is 12.3 Å². The monoisotopic (exact) mass is 571 g/mol. The van der Waals surface area contributed by atoms with Crippen LogP contribution in [0.3, 0.4) is 0 Å². The highest BCUT2D eigenvalue weighted by Gasteiger charge is 2.37. The first kappa shape index (κ1) is 26.9. The zero-order chi connectivity index (χ0) is 28.7. The SMILES string of the molecule is CC1(C(N)=O)CCN(c2nc(N3CCC[C@H]3CO)nc3c2nc(-c2ccc(C#N)nc2)n3-c2ccc(Cl)cc2)CC1. The van der Waals surface area contributed by atoms with Crippen molar-refractivity contribution in [2.45, 2.75) is 38.6 Å². The first-order chi connectivity index (χ1) is 19.8. The summed E-state index contributed by atoms with van der Waals surface area (Å²) in [6.07, 6.45) is 4.60. The maximum absolute atomic E-state index is 12.2. The van der Waals surface area contributed by atoms with Crippen molar-refractivity contribution in [2.24, 2.45) is 11.1 Å². The second-order valence-electron chi connectivity index (χ2n) is 10.9. The van der Waals surface area contributed by atoms with E-state index in [-0.39, 0.29) is 18.6 Å². The van der Waals surface area contributed by atoms with E-state index in [0.717, 1.165) is 25.1 Å². The van der Waals surface area contributed by atoms with Gasteiger partial charge in [-0.15, -0.1) is 0 Å². The van der Waals surface area contributed by atoms with Crippen LogP contribution in [0.25, 0.3) is 28.2 Å². The van der Waals surface area contributed by atoms with Crippen molar-refractivity contribution >= 4 is 40.4 Å². The van der Waals surface area contributed by atoms with Crippen molar-refractivity contribution in [1.82, 2.24) is 24.5 Å². The molecule has 0 aliphatic carbocycles. The van der Waals surface area contributed by atoms with Gasteiger partial charge in [0.2, 0.25) is 11.9 Å². The topological polar surface area (TPSA) is 150 Å². The lowest BCUT2D eigenvalue weighted by molar-refractivity contribution is -0.127. The summed E-state index contributed by atoms with van der Waals surface area (Å²) in [5.74, 6) is 1.48. The number of nitriles is 1. The zero-order valence-electron chi connectivity index (χ0n) is 22.7. The summed E-state index contributed by atoms with van der Waals surface area (Å²) >= 11 is 6.24. The van der Waals surface area contributed by atoms with Crippen molar-refractivity contribution in [1.29, 1.82) is 5.26 Å². The highest BCUT2D eigenvalue weighted by atomic mass is 35.5. The molecule has 1 amide bonds. The zero-order valence-corrected chi connectivity index (χ0v) is 23.4. The van der Waals surface area contributed by atoms with Gasteiger partial charge in [-0.25, -0.2) is 9.97 Å². The Morgan fingerprint density at radius 1 is 1.15 bits per heavy atom. The molecule has 2 saturated heterocycles. The molecule has 4 aromatic rings. The molecule has 1 atom stereocenters. The number of hydrogen-bond donors (Lipinski definition) is 2. The Morgan fingerprint density at radius 2 is 1.90 bits per heavy atom. The third-order valence-electron chi connectivity index (χ3n) is 8.30. The van der Waals surface area contributed by atoms with Gasteiger partial charge in [0.05, 0.1) is 12.6 Å². The smallest absolute Gasteiger partial charge is 0.229 e. The molecular formula is C29H30ClN9O2. The second kappa shape index (κ2) is 10.6. The van der Waals surface area contributed by atoms with Gasteiger partial charge in [0.15, 0.2) is 17.0 Å². The predicted octanol–water partition coefficient (Wildman–Crippen LogP) is 3.46. The first-order valence-corrected chi connectivity index (χ1v) is 14.0. The lowest BCUT2D eigenvalue weighted by Gasteiger charge is -2.38. The van der Waals surface area contributed by atoms with E-state index in [2.05, 4.69) is 20.9 Å². The molecule has 6 rings (SSSR count). The highest BCUT2D eigenvalue weighted by Crippen LogP contribution is 2.38. The van der Waals surface area contributed by atoms with E-state index < -0.39 is 5.41 Å². The van der Waals surface area contributed by atoms with Crippen LogP contribution in [-0.4, -0.2) is 67.8 Å². The van der Waals surface area contributed by atoms with Crippen molar-refractivity contribution in [3.8, 4) is 23.1 Å². The van der Waals surface area contributed by atoms with Gasteiger partial charge in [0.1, 0.15) is 17.6 Å². The third kappa shape index (κ3) is 4.83. The number of primary amides is 1. The number of aliphatic hydroxyl groups is 1. The fourth-order valence-corrected chi connectivity index (χ4v) is 5.78. The fourth-order valence-electron chi connectivity index (χ4n) is 5.65. The number of piperidine rings is 1. The van der Waals surface area contributed by atoms with Crippen LogP contribution in [0, 0.1) is 16.7 Å². The fraction of sp³-hybridized carbons (Fsp3) is 0.379. The number of nitrogens with zero attached hydrogens (tertiary/aromatic N) is 8. The minimum absolute atomic E-state index is 0.00994. The number of hydrogen-bond acceptors (Lipinski definition) is 9. The van der Waals surface area contributed by atoms with Crippen LogP contribution < -0.4 is 15.5 Å². The van der Waals surface area contributed by atoms with E-state index >= 15 is 0 Å². The molecule has 2 aliphatic rings. The van der Waals surface area contributed by atoms with Gasteiger partial charge in [-0.1, -0.05) is 18.5 Å². The highest BCUT2D eigenvalue weighted by molar-refractivity contribution is 6.30. The largest absolute Gasteiger partial charge is 0.394 e. The molecule has 2 aliphatic heterocycles. The predicted molar refractivity (Wildman–Crippen MR) is 156 cm³/mol. The Hall–Kier alpha value is -4.27. The van der Waals surface area contributed by atoms with Gasteiger partial charge < -0.3 is 20.6 Å². The molecule has 12 heteroatoms. The van der Waals surface area contributed by atoms with Crippen LogP contribution in [0.5, 0.6) is 0 Å². The number of aromatic nitrogens is 5. The molecular weight excluding hydrogens is 542 g/mol. The summed E-state index contributed by atoms with van der Waals surface area (Å²) in [5, 5.41) is 20.0. The summed E-state index contributed by atoms with van der Waals surface area (Å²) in [6.45, 7) is 3.81. The van der Waals surface area contributed by atoms with E-state index in [1.165, 1.54) is 0 Å². The molecule has 11 nitrogen and oxygen atoms in total. The Morgan fingerprint density at radius 3 is 2.54 bits per heavy atom. The van der Waals surface area contributed by atoms with E-state index in [4.69, 9.17) is 32.3 Å². The van der Waals surface area contributed by atoms with Crippen LogP contribution >= 0.6 is 11.6 Å². The molecule has 0 saturated carbocycles. The minimum Gasteiger partial charge on any atom is -0.394 e. The number of anilines is 2. The van der Waals surface area contributed by atoms with Gasteiger partial charge in [0, 0.05) is 47.5 Å². The summed E-state index contributed by atoms with van der Waals surface area (Å²) in [7, 11) is 0. The maximum Gasteiger partial charge on any atom is 0.229 e. The van der Waals surface area contributed by atoms with Crippen LogP contribution in [0.4, 0.5) is 11.8 Å². The Bertz CT molecular complexity index is 1640. The van der Waals surface area contributed by atoms with E-state index in [9.17, 15) is 15.2 Å². The molecule has 0 bridgehead atoms. The number of fused-ring (bicyclic) bond motifs is 1. The molecule has 3 aromatic heterocycles. The lowest BCUT2D eigenvalue weighted by atomic mass is 9.80. The molecule has 3 N–H and O–H groups in total. The van der Waals surface area contributed by atoms with Crippen molar-refractivity contribution < 1.29 is 9.90 Å². The average Bonchev–Trinajstić information content (AvgIpc) is 3.63. The minimum atomic E-state index is -0.579. The van der Waals surface area contributed by atoms with E-state index in [0.29, 0.717) is 71.0 Å². The number of carbonyl (C=O) groups is 1. The molecule has 0 radical (unpaired) electrons. The Kier molecular flexibility index (Phi) is 6.97. The number of halogens is 1. The number of aliphatic hydroxyl groups excluding tert-OH is 1. The van der Waals surface area contributed by atoms with Crippen molar-refractivity contribution in [3.05, 3.63) is 53.3 Å². The quantitative estimate of drug-likeness (QED) is 0.354. The van der Waals surface area contributed by atoms with Crippen molar-refractivity contribution in [3.63, 3.8) is 0 Å². The second-order valence-corrected chi connectivity index (χ2v) is 11.3. The van der Waals surface area contributed by atoms with Gasteiger partial charge >= 0.3 is 0 Å².